The molecule has 0 unspecified atom stereocenters. The largest absolute Gasteiger partial charge is 0.494 e. The summed E-state index contributed by atoms with van der Waals surface area (Å²) in [5.74, 6) is 0.0711. The number of fused-ring (bicyclic) bond motifs is 1. The lowest BCUT2D eigenvalue weighted by Gasteiger charge is -2.36. The van der Waals surface area contributed by atoms with E-state index >= 15 is 0 Å². The van der Waals surface area contributed by atoms with Crippen molar-refractivity contribution in [3.05, 3.63) is 64.7 Å². The molecule has 0 aromatic heterocycles. The minimum Gasteiger partial charge on any atom is -0.494 e. The van der Waals surface area contributed by atoms with Gasteiger partial charge < -0.3 is 14.4 Å². The van der Waals surface area contributed by atoms with E-state index in [9.17, 15) is 9.59 Å². The summed E-state index contributed by atoms with van der Waals surface area (Å²) in [6.45, 7) is 8.67. The van der Waals surface area contributed by atoms with Gasteiger partial charge >= 0.3 is 5.97 Å². The molecule has 1 saturated heterocycles. The molecule has 4 rings (SSSR count). The van der Waals surface area contributed by atoms with Crippen molar-refractivity contribution < 1.29 is 19.1 Å². The Hall–Kier alpha value is -2.74. The molecule has 0 spiro atoms. The second kappa shape index (κ2) is 12.5. The van der Waals surface area contributed by atoms with Crippen LogP contribution in [0.4, 0.5) is 11.4 Å². The van der Waals surface area contributed by atoms with Crippen LogP contribution in [0.1, 0.15) is 24.8 Å². The van der Waals surface area contributed by atoms with Gasteiger partial charge in [-0.15, -0.1) is 0 Å². The molecule has 2 aliphatic rings. The maximum absolute atomic E-state index is 12.4. The standard InChI is InChI=1S/C27H31Cl2N3O4/c1-2-26(34)36-19-32-24-18-21(10-8-20(24)9-11-25(32)33)35-17-4-3-12-30-13-15-31(16-14-30)23-7-5-6-22(28)27(23)29/h2,5-8,10,18H,1,3-4,9,11-17,19H2. The lowest BCUT2D eigenvalue weighted by atomic mass is 10.0. The van der Waals surface area contributed by atoms with Crippen molar-refractivity contribution in [2.75, 3.05) is 55.9 Å². The molecule has 2 aromatic carbocycles. The number of anilines is 2. The van der Waals surface area contributed by atoms with Gasteiger partial charge in [-0.25, -0.2) is 4.79 Å². The van der Waals surface area contributed by atoms with E-state index in [1.165, 1.54) is 4.90 Å². The topological polar surface area (TPSA) is 62.3 Å². The quantitative estimate of drug-likeness (QED) is 0.246. The first-order chi connectivity index (χ1) is 17.5. The summed E-state index contributed by atoms with van der Waals surface area (Å²) in [6.07, 6.45) is 4.10. The predicted octanol–water partition coefficient (Wildman–Crippen LogP) is 4.94. The molecule has 0 atom stereocenters. The zero-order valence-electron chi connectivity index (χ0n) is 20.3. The van der Waals surface area contributed by atoms with Crippen molar-refractivity contribution in [1.29, 1.82) is 0 Å². The molecule has 2 aromatic rings. The Bertz CT molecular complexity index is 1100. The van der Waals surface area contributed by atoms with Gasteiger partial charge in [0.1, 0.15) is 5.75 Å². The molecule has 0 saturated carbocycles. The Morgan fingerprint density at radius 2 is 1.83 bits per heavy atom. The van der Waals surface area contributed by atoms with Crippen LogP contribution >= 0.6 is 23.2 Å². The van der Waals surface area contributed by atoms with Crippen molar-refractivity contribution >= 4 is 46.5 Å². The molecule has 0 aliphatic carbocycles. The molecule has 0 radical (unpaired) electrons. The van der Waals surface area contributed by atoms with E-state index in [1.807, 2.05) is 36.4 Å². The van der Waals surface area contributed by atoms with E-state index < -0.39 is 5.97 Å². The molecule has 0 N–H and O–H groups in total. The number of hydrogen-bond acceptors (Lipinski definition) is 6. The van der Waals surface area contributed by atoms with E-state index in [0.717, 1.165) is 68.6 Å². The number of carbonyl (C=O) groups excluding carboxylic acids is 2. The van der Waals surface area contributed by atoms with Gasteiger partial charge in [0, 0.05) is 44.7 Å². The van der Waals surface area contributed by atoms with E-state index in [4.69, 9.17) is 32.7 Å². The van der Waals surface area contributed by atoms with E-state index in [0.29, 0.717) is 35.2 Å². The number of aryl methyl sites for hydroxylation is 1. The van der Waals surface area contributed by atoms with Crippen LogP contribution in [0.25, 0.3) is 0 Å². The number of unbranched alkanes of at least 4 members (excludes halogenated alkanes) is 1. The fraction of sp³-hybridized carbons (Fsp3) is 0.407. The highest BCUT2D eigenvalue weighted by Gasteiger charge is 2.25. The maximum Gasteiger partial charge on any atom is 0.331 e. The first-order valence-corrected chi connectivity index (χ1v) is 13.0. The second-order valence-electron chi connectivity index (χ2n) is 8.87. The fourth-order valence-electron chi connectivity index (χ4n) is 4.51. The van der Waals surface area contributed by atoms with Crippen LogP contribution in [-0.2, 0) is 20.7 Å². The number of ether oxygens (including phenoxy) is 2. The fourth-order valence-corrected chi connectivity index (χ4v) is 4.93. The molecule has 0 bridgehead atoms. The predicted molar refractivity (Wildman–Crippen MR) is 143 cm³/mol. The van der Waals surface area contributed by atoms with Crippen LogP contribution in [0.2, 0.25) is 10.0 Å². The molecule has 2 aliphatic heterocycles. The zero-order valence-corrected chi connectivity index (χ0v) is 21.8. The van der Waals surface area contributed by atoms with Gasteiger partial charge in [0.05, 0.1) is 28.0 Å². The highest BCUT2D eigenvalue weighted by atomic mass is 35.5. The van der Waals surface area contributed by atoms with Crippen LogP contribution in [0, 0.1) is 0 Å². The number of amides is 1. The van der Waals surface area contributed by atoms with Gasteiger partial charge in [-0.05, 0) is 49.6 Å². The summed E-state index contributed by atoms with van der Waals surface area (Å²) < 4.78 is 11.1. The monoisotopic (exact) mass is 531 g/mol. The third-order valence-corrected chi connectivity index (χ3v) is 7.35. The van der Waals surface area contributed by atoms with Crippen molar-refractivity contribution in [3.8, 4) is 5.75 Å². The van der Waals surface area contributed by atoms with Crippen LogP contribution in [0.15, 0.2) is 49.1 Å². The van der Waals surface area contributed by atoms with E-state index in [1.54, 1.807) is 0 Å². The molecule has 192 valence electrons. The number of nitrogens with zero attached hydrogens (tertiary/aromatic N) is 3. The first-order valence-electron chi connectivity index (χ1n) is 12.2. The number of hydrogen-bond donors (Lipinski definition) is 0. The molecular weight excluding hydrogens is 501 g/mol. The van der Waals surface area contributed by atoms with Crippen LogP contribution in [0.5, 0.6) is 5.75 Å². The van der Waals surface area contributed by atoms with Crippen LogP contribution in [-0.4, -0.2) is 62.8 Å². The lowest BCUT2D eigenvalue weighted by Crippen LogP contribution is -2.46. The van der Waals surface area contributed by atoms with Gasteiger partial charge in [0.25, 0.3) is 0 Å². The van der Waals surface area contributed by atoms with Gasteiger partial charge in [-0.3, -0.25) is 14.6 Å². The number of carbonyl (C=O) groups is 2. The molecule has 2 heterocycles. The summed E-state index contributed by atoms with van der Waals surface area (Å²) in [6, 6.07) is 11.5. The van der Waals surface area contributed by atoms with Gasteiger partial charge in [-0.1, -0.05) is 41.9 Å². The lowest BCUT2D eigenvalue weighted by molar-refractivity contribution is -0.138. The molecule has 9 heteroatoms. The zero-order chi connectivity index (χ0) is 25.5. The number of halogens is 2. The molecule has 1 amide bonds. The maximum atomic E-state index is 12.4. The first kappa shape index (κ1) is 26.3. The summed E-state index contributed by atoms with van der Waals surface area (Å²) in [5, 5.41) is 1.21. The number of rotatable bonds is 10. The average Bonchev–Trinajstić information content (AvgIpc) is 2.89. The summed E-state index contributed by atoms with van der Waals surface area (Å²) >= 11 is 12.5. The second-order valence-corrected chi connectivity index (χ2v) is 9.65. The van der Waals surface area contributed by atoms with Crippen molar-refractivity contribution in [1.82, 2.24) is 4.90 Å². The molecular formula is C27H31Cl2N3O4. The molecule has 36 heavy (non-hydrogen) atoms. The third kappa shape index (κ3) is 6.52. The number of benzene rings is 2. The Balaban J connectivity index is 1.20. The third-order valence-electron chi connectivity index (χ3n) is 6.54. The van der Waals surface area contributed by atoms with Gasteiger partial charge in [-0.2, -0.15) is 0 Å². The summed E-state index contributed by atoms with van der Waals surface area (Å²) in [7, 11) is 0. The van der Waals surface area contributed by atoms with Crippen molar-refractivity contribution in [2.24, 2.45) is 0 Å². The highest BCUT2D eigenvalue weighted by molar-refractivity contribution is 6.43. The smallest absolute Gasteiger partial charge is 0.331 e. The SMILES string of the molecule is C=CC(=O)OCN1C(=O)CCc2ccc(OCCCCN3CCN(c4cccc(Cl)c4Cl)CC3)cc21. The van der Waals surface area contributed by atoms with Gasteiger partial charge in [0.2, 0.25) is 5.91 Å². The summed E-state index contributed by atoms with van der Waals surface area (Å²) in [5.41, 5.74) is 2.77. The Morgan fingerprint density at radius 3 is 2.61 bits per heavy atom. The average molecular weight is 532 g/mol. The van der Waals surface area contributed by atoms with E-state index in [-0.39, 0.29) is 12.6 Å². The number of esters is 1. The van der Waals surface area contributed by atoms with E-state index in [2.05, 4.69) is 16.4 Å². The minimum absolute atomic E-state index is 0.0748. The Labute approximate surface area is 222 Å². The molecule has 1 fully saturated rings. The highest BCUT2D eigenvalue weighted by Crippen LogP contribution is 2.33. The Morgan fingerprint density at radius 1 is 1.03 bits per heavy atom. The summed E-state index contributed by atoms with van der Waals surface area (Å²) in [4.78, 5) is 30.1. The van der Waals surface area contributed by atoms with Gasteiger partial charge in [0.15, 0.2) is 6.73 Å². The number of piperazine rings is 1. The Kier molecular flexibility index (Phi) is 9.13. The minimum atomic E-state index is -0.558. The van der Waals surface area contributed by atoms with Crippen LogP contribution in [0.3, 0.4) is 0 Å². The normalized spacial score (nSPS) is 16.0. The van der Waals surface area contributed by atoms with Crippen LogP contribution < -0.4 is 14.5 Å². The van der Waals surface area contributed by atoms with Crippen molar-refractivity contribution in [2.45, 2.75) is 25.7 Å². The molecule has 7 nitrogen and oxygen atoms in total. The van der Waals surface area contributed by atoms with Crippen molar-refractivity contribution in [3.63, 3.8) is 0 Å².